The van der Waals surface area contributed by atoms with Crippen molar-refractivity contribution >= 4 is 28.2 Å². The third kappa shape index (κ3) is 2.35. The minimum absolute atomic E-state index is 0.544. The van der Waals surface area contributed by atoms with E-state index >= 15 is 0 Å². The number of rotatable bonds is 2. The van der Waals surface area contributed by atoms with Gasteiger partial charge < -0.3 is 4.74 Å². The van der Waals surface area contributed by atoms with Gasteiger partial charge in [-0.15, -0.1) is 0 Å². The zero-order valence-electron chi connectivity index (χ0n) is 14.5. The zero-order valence-corrected chi connectivity index (χ0v) is 15.2. The summed E-state index contributed by atoms with van der Waals surface area (Å²) in [5.41, 5.74) is 6.64. The number of hydrogen-bond donors (Lipinski definition) is 0. The second kappa shape index (κ2) is 5.70. The lowest BCUT2D eigenvalue weighted by molar-refractivity contribution is 0.415. The summed E-state index contributed by atoms with van der Waals surface area (Å²) in [4.78, 5) is 13.8. The standard InChI is InChI=1S/C19H17ClN4O/c1-10-5-6-21-9-13(10)19-23-12(3)18-11(2)22-15-8-17(25-4)14(20)7-16(15)24(18)19/h5-9H,1-4H3. The Morgan fingerprint density at radius 1 is 1.08 bits per heavy atom. The van der Waals surface area contributed by atoms with Gasteiger partial charge in [-0.1, -0.05) is 11.6 Å². The fourth-order valence-electron chi connectivity index (χ4n) is 3.26. The summed E-state index contributed by atoms with van der Waals surface area (Å²) in [5.74, 6) is 1.45. The van der Waals surface area contributed by atoms with E-state index in [1.165, 1.54) is 0 Å². The molecule has 0 aliphatic carbocycles. The van der Waals surface area contributed by atoms with Crippen LogP contribution in [0.2, 0.25) is 5.02 Å². The van der Waals surface area contributed by atoms with Gasteiger partial charge in [-0.3, -0.25) is 9.38 Å². The van der Waals surface area contributed by atoms with Crippen LogP contribution in [0.4, 0.5) is 0 Å². The van der Waals surface area contributed by atoms with Crippen molar-refractivity contribution in [3.63, 3.8) is 0 Å². The van der Waals surface area contributed by atoms with Crippen molar-refractivity contribution in [3.05, 3.63) is 52.6 Å². The number of hydrogen-bond acceptors (Lipinski definition) is 4. The summed E-state index contributed by atoms with van der Waals surface area (Å²) in [6.07, 6.45) is 3.63. The zero-order chi connectivity index (χ0) is 17.7. The predicted molar refractivity (Wildman–Crippen MR) is 99.5 cm³/mol. The highest BCUT2D eigenvalue weighted by atomic mass is 35.5. The number of imidazole rings is 1. The number of fused-ring (bicyclic) bond motifs is 3. The molecule has 4 rings (SSSR count). The molecule has 4 aromatic rings. The Kier molecular flexibility index (Phi) is 3.62. The van der Waals surface area contributed by atoms with Crippen LogP contribution in [0.1, 0.15) is 17.0 Å². The lowest BCUT2D eigenvalue weighted by atomic mass is 10.1. The molecule has 0 N–H and O–H groups in total. The summed E-state index contributed by atoms with van der Waals surface area (Å²) in [7, 11) is 1.60. The molecule has 0 fully saturated rings. The molecule has 3 aromatic heterocycles. The van der Waals surface area contributed by atoms with E-state index in [0.717, 1.165) is 44.9 Å². The molecule has 0 bridgehead atoms. The van der Waals surface area contributed by atoms with Crippen molar-refractivity contribution in [2.45, 2.75) is 20.8 Å². The molecule has 0 saturated carbocycles. The normalized spacial score (nSPS) is 11.4. The highest BCUT2D eigenvalue weighted by molar-refractivity contribution is 6.32. The van der Waals surface area contributed by atoms with Gasteiger partial charge in [-0.05, 0) is 38.5 Å². The van der Waals surface area contributed by atoms with Crippen LogP contribution in [-0.4, -0.2) is 26.5 Å². The molecule has 0 radical (unpaired) electrons. The monoisotopic (exact) mass is 352 g/mol. The Labute approximate surface area is 150 Å². The minimum atomic E-state index is 0.544. The third-order valence-corrected chi connectivity index (χ3v) is 4.75. The Bertz CT molecular complexity index is 1130. The number of benzene rings is 1. The average Bonchev–Trinajstić information content (AvgIpc) is 2.94. The van der Waals surface area contributed by atoms with Gasteiger partial charge in [0.25, 0.3) is 0 Å². The number of nitrogens with zero attached hydrogens (tertiary/aromatic N) is 4. The van der Waals surface area contributed by atoms with Crippen LogP contribution in [0.25, 0.3) is 27.9 Å². The fourth-order valence-corrected chi connectivity index (χ4v) is 3.49. The van der Waals surface area contributed by atoms with Gasteiger partial charge in [0.2, 0.25) is 0 Å². The summed E-state index contributed by atoms with van der Waals surface area (Å²) in [5, 5.41) is 0.544. The molecule has 0 aliphatic heterocycles. The second-order valence-corrected chi connectivity index (χ2v) is 6.48. The number of aryl methyl sites for hydroxylation is 3. The van der Waals surface area contributed by atoms with E-state index in [9.17, 15) is 0 Å². The van der Waals surface area contributed by atoms with Crippen molar-refractivity contribution < 1.29 is 4.74 Å². The maximum absolute atomic E-state index is 6.38. The van der Waals surface area contributed by atoms with Crippen LogP contribution in [-0.2, 0) is 0 Å². The van der Waals surface area contributed by atoms with Gasteiger partial charge in [0.1, 0.15) is 11.6 Å². The van der Waals surface area contributed by atoms with Crippen LogP contribution in [0, 0.1) is 20.8 Å². The molecule has 0 saturated heterocycles. The molecule has 1 aromatic carbocycles. The smallest absolute Gasteiger partial charge is 0.147 e. The van der Waals surface area contributed by atoms with Crippen molar-refractivity contribution in [2.75, 3.05) is 7.11 Å². The molecule has 5 nitrogen and oxygen atoms in total. The first kappa shape index (κ1) is 15.8. The maximum Gasteiger partial charge on any atom is 0.147 e. The minimum Gasteiger partial charge on any atom is -0.495 e. The summed E-state index contributed by atoms with van der Waals surface area (Å²) < 4.78 is 7.45. The molecule has 0 spiro atoms. The molecular formula is C19H17ClN4O. The van der Waals surface area contributed by atoms with E-state index in [2.05, 4.69) is 16.3 Å². The van der Waals surface area contributed by atoms with Gasteiger partial charge in [-0.25, -0.2) is 9.97 Å². The van der Waals surface area contributed by atoms with Gasteiger partial charge in [0.15, 0.2) is 0 Å². The number of ether oxygens (including phenoxy) is 1. The van der Waals surface area contributed by atoms with E-state index < -0.39 is 0 Å². The van der Waals surface area contributed by atoms with E-state index in [0.29, 0.717) is 10.8 Å². The highest BCUT2D eigenvalue weighted by Crippen LogP contribution is 2.34. The lowest BCUT2D eigenvalue weighted by Gasteiger charge is -2.11. The van der Waals surface area contributed by atoms with Gasteiger partial charge >= 0.3 is 0 Å². The molecule has 0 unspecified atom stereocenters. The maximum atomic E-state index is 6.38. The second-order valence-electron chi connectivity index (χ2n) is 6.07. The van der Waals surface area contributed by atoms with E-state index in [1.807, 2.05) is 38.2 Å². The fraction of sp³-hybridized carbons (Fsp3) is 0.211. The Morgan fingerprint density at radius 3 is 2.56 bits per heavy atom. The van der Waals surface area contributed by atoms with Gasteiger partial charge in [-0.2, -0.15) is 0 Å². The Balaban J connectivity index is 2.20. The molecule has 3 heterocycles. The first-order valence-electron chi connectivity index (χ1n) is 7.95. The number of aromatic nitrogens is 4. The average molecular weight is 353 g/mol. The SMILES string of the molecule is COc1cc2nc(C)c3c(C)nc(-c4cnccc4C)n3c2cc1Cl. The molecule has 0 atom stereocenters. The highest BCUT2D eigenvalue weighted by Gasteiger charge is 2.18. The van der Waals surface area contributed by atoms with Crippen LogP contribution < -0.4 is 4.74 Å². The van der Waals surface area contributed by atoms with Crippen molar-refractivity contribution in [1.82, 2.24) is 19.4 Å². The molecule has 126 valence electrons. The van der Waals surface area contributed by atoms with Crippen LogP contribution in [0.15, 0.2) is 30.6 Å². The summed E-state index contributed by atoms with van der Waals surface area (Å²) >= 11 is 6.38. The molecule has 0 amide bonds. The molecular weight excluding hydrogens is 336 g/mol. The number of pyridine rings is 1. The van der Waals surface area contributed by atoms with Crippen molar-refractivity contribution in [1.29, 1.82) is 0 Å². The predicted octanol–water partition coefficient (Wildman–Crippen LogP) is 4.53. The topological polar surface area (TPSA) is 52.3 Å². The molecule has 0 aliphatic rings. The third-order valence-electron chi connectivity index (χ3n) is 4.45. The van der Waals surface area contributed by atoms with E-state index in [4.69, 9.17) is 26.3 Å². The van der Waals surface area contributed by atoms with Crippen molar-refractivity contribution in [3.8, 4) is 17.1 Å². The quantitative estimate of drug-likeness (QED) is 0.531. The number of halogens is 1. The Morgan fingerprint density at radius 2 is 1.84 bits per heavy atom. The van der Waals surface area contributed by atoms with Crippen LogP contribution in [0.3, 0.4) is 0 Å². The summed E-state index contributed by atoms with van der Waals surface area (Å²) in [6.45, 7) is 6.04. The molecule has 25 heavy (non-hydrogen) atoms. The first-order chi connectivity index (χ1) is 12.0. The van der Waals surface area contributed by atoms with E-state index in [1.54, 1.807) is 13.3 Å². The number of methoxy groups -OCH3 is 1. The largest absolute Gasteiger partial charge is 0.495 e. The van der Waals surface area contributed by atoms with Gasteiger partial charge in [0, 0.05) is 24.0 Å². The van der Waals surface area contributed by atoms with E-state index in [-0.39, 0.29) is 0 Å². The summed E-state index contributed by atoms with van der Waals surface area (Å²) in [6, 6.07) is 5.72. The Hall–Kier alpha value is -2.66. The van der Waals surface area contributed by atoms with Gasteiger partial charge in [0.05, 0.1) is 40.1 Å². The van der Waals surface area contributed by atoms with Crippen LogP contribution in [0.5, 0.6) is 5.75 Å². The van der Waals surface area contributed by atoms with Crippen molar-refractivity contribution in [2.24, 2.45) is 0 Å². The first-order valence-corrected chi connectivity index (χ1v) is 8.33. The molecule has 6 heteroatoms. The van der Waals surface area contributed by atoms with Crippen LogP contribution >= 0.6 is 11.6 Å². The lowest BCUT2D eigenvalue weighted by Crippen LogP contribution is -1.99.